The Balaban J connectivity index is 5.18. The Bertz CT molecular complexity index is 307. The third-order valence-electron chi connectivity index (χ3n) is 1.51. The van der Waals surface area contributed by atoms with Crippen molar-refractivity contribution in [3.8, 4) is 0 Å². The van der Waals surface area contributed by atoms with Crippen molar-refractivity contribution < 1.29 is 40.3 Å². The van der Waals surface area contributed by atoms with Crippen LogP contribution in [-0.4, -0.2) is 30.6 Å². The molecule has 0 aliphatic rings. The van der Waals surface area contributed by atoms with Crippen LogP contribution in [0.25, 0.3) is 0 Å². The molecule has 0 rings (SSSR count). The van der Waals surface area contributed by atoms with Gasteiger partial charge in [-0.3, -0.25) is 0 Å². The Morgan fingerprint density at radius 3 is 1.82 bits per heavy atom. The number of hydrogen-bond donors (Lipinski definition) is 0. The minimum Gasteiger partial charge on any atom is -0.442 e. The zero-order valence-corrected chi connectivity index (χ0v) is 8.32. The molecular formula is C8H7F7O2. The van der Waals surface area contributed by atoms with Crippen molar-refractivity contribution in [2.45, 2.75) is 31.6 Å². The molecule has 0 fully saturated rings. The maximum Gasteiger partial charge on any atom is 0.431 e. The quantitative estimate of drug-likeness (QED) is 0.445. The average molecular weight is 268 g/mol. The molecular weight excluding hydrogens is 261 g/mol. The van der Waals surface area contributed by atoms with E-state index in [1.807, 2.05) is 0 Å². The summed E-state index contributed by atoms with van der Waals surface area (Å²) in [4.78, 5) is 10.7. The van der Waals surface area contributed by atoms with Crippen LogP contribution in [-0.2, 0) is 9.53 Å². The van der Waals surface area contributed by atoms with E-state index >= 15 is 0 Å². The fraction of sp³-hybridized carbons (Fsp3) is 0.625. The summed E-state index contributed by atoms with van der Waals surface area (Å²) in [5.41, 5.74) is -0.621. The van der Waals surface area contributed by atoms with E-state index in [1.54, 1.807) is 0 Å². The van der Waals surface area contributed by atoms with Gasteiger partial charge in [0.25, 0.3) is 6.10 Å². The third kappa shape index (κ3) is 3.90. The number of halogens is 7. The zero-order valence-electron chi connectivity index (χ0n) is 8.32. The van der Waals surface area contributed by atoms with E-state index in [4.69, 9.17) is 0 Å². The molecule has 1 unspecified atom stereocenters. The molecule has 1 atom stereocenters. The predicted molar refractivity (Wildman–Crippen MR) is 41.7 cm³/mol. The molecule has 100 valence electrons. The molecule has 0 saturated heterocycles. The molecule has 0 radical (unpaired) electrons. The summed E-state index contributed by atoms with van der Waals surface area (Å²) in [5, 5.41) is 0. The van der Waals surface area contributed by atoms with E-state index in [-0.39, 0.29) is 0 Å². The van der Waals surface area contributed by atoms with Gasteiger partial charge < -0.3 is 4.74 Å². The van der Waals surface area contributed by atoms with Crippen molar-refractivity contribution >= 4 is 5.97 Å². The number of carbonyl (C=O) groups excluding carboxylic acids is 1. The van der Waals surface area contributed by atoms with Gasteiger partial charge in [0.1, 0.15) is 0 Å². The van der Waals surface area contributed by atoms with Gasteiger partial charge in [0.15, 0.2) is 0 Å². The molecule has 0 N–H and O–H groups in total. The molecule has 17 heavy (non-hydrogen) atoms. The van der Waals surface area contributed by atoms with Gasteiger partial charge in [-0.05, 0) is 6.92 Å². The van der Waals surface area contributed by atoms with Gasteiger partial charge in [-0.25, -0.2) is 13.6 Å². The van der Waals surface area contributed by atoms with Gasteiger partial charge in [0, 0.05) is 5.57 Å². The van der Waals surface area contributed by atoms with E-state index in [1.165, 1.54) is 0 Å². The number of ether oxygens (including phenoxy) is 1. The van der Waals surface area contributed by atoms with Gasteiger partial charge >= 0.3 is 24.5 Å². The molecule has 0 bridgehead atoms. The van der Waals surface area contributed by atoms with Crippen molar-refractivity contribution in [1.29, 1.82) is 0 Å². The predicted octanol–water partition coefficient (Wildman–Crippen LogP) is 2.94. The van der Waals surface area contributed by atoms with Crippen LogP contribution in [0.1, 0.15) is 6.92 Å². The lowest BCUT2D eigenvalue weighted by molar-refractivity contribution is -0.300. The van der Waals surface area contributed by atoms with Gasteiger partial charge in [-0.15, -0.1) is 0 Å². The molecule has 0 aliphatic heterocycles. The molecule has 0 aliphatic carbocycles. The lowest BCUT2D eigenvalue weighted by Gasteiger charge is -2.27. The Labute approximate surface area is 91.0 Å². The van der Waals surface area contributed by atoms with Crippen LogP contribution >= 0.6 is 0 Å². The average Bonchev–Trinajstić information content (AvgIpc) is 2.10. The summed E-state index contributed by atoms with van der Waals surface area (Å²) in [5.74, 6) is -7.35. The summed E-state index contributed by atoms with van der Waals surface area (Å²) < 4.78 is 88.2. The summed E-state index contributed by atoms with van der Waals surface area (Å²) in [6.45, 7) is 3.73. The minimum absolute atomic E-state index is 0.621. The first-order valence-electron chi connectivity index (χ1n) is 3.99. The summed E-state index contributed by atoms with van der Waals surface area (Å²) >= 11 is 0. The summed E-state index contributed by atoms with van der Waals surface area (Å²) in [6, 6.07) is 0. The lowest BCUT2D eigenvalue weighted by atomic mass is 10.2. The fourth-order valence-corrected chi connectivity index (χ4v) is 0.686. The molecule has 0 aromatic heterocycles. The first-order chi connectivity index (χ1) is 7.40. The smallest absolute Gasteiger partial charge is 0.431 e. The molecule has 0 saturated carbocycles. The van der Waals surface area contributed by atoms with Crippen LogP contribution in [0.2, 0.25) is 0 Å². The van der Waals surface area contributed by atoms with E-state index < -0.39 is 36.2 Å². The highest BCUT2D eigenvalue weighted by atomic mass is 19.4. The summed E-state index contributed by atoms with van der Waals surface area (Å²) in [7, 11) is 0. The van der Waals surface area contributed by atoms with E-state index in [0.717, 1.165) is 6.92 Å². The van der Waals surface area contributed by atoms with Crippen molar-refractivity contribution in [3.05, 3.63) is 12.2 Å². The maximum atomic E-state index is 12.6. The van der Waals surface area contributed by atoms with E-state index in [0.29, 0.717) is 0 Å². The van der Waals surface area contributed by atoms with E-state index in [2.05, 4.69) is 11.3 Å². The van der Waals surface area contributed by atoms with Gasteiger partial charge in [0.05, 0.1) is 0 Å². The van der Waals surface area contributed by atoms with Crippen LogP contribution in [0, 0.1) is 0 Å². The molecule has 2 nitrogen and oxygen atoms in total. The Morgan fingerprint density at radius 1 is 1.18 bits per heavy atom. The molecule has 0 aromatic carbocycles. The highest BCUT2D eigenvalue weighted by molar-refractivity contribution is 5.87. The number of alkyl halides is 7. The highest BCUT2D eigenvalue weighted by Crippen LogP contribution is 2.38. The van der Waals surface area contributed by atoms with Crippen molar-refractivity contribution in [1.82, 2.24) is 0 Å². The van der Waals surface area contributed by atoms with Crippen LogP contribution in [0.15, 0.2) is 12.2 Å². The molecule has 0 aromatic rings. The Morgan fingerprint density at radius 2 is 1.59 bits per heavy atom. The number of carbonyl (C=O) groups is 1. The molecule has 0 amide bonds. The minimum atomic E-state index is -5.81. The highest BCUT2D eigenvalue weighted by Gasteiger charge is 2.63. The maximum absolute atomic E-state index is 12.6. The number of hydrogen-bond acceptors (Lipinski definition) is 2. The second-order valence-electron chi connectivity index (χ2n) is 3.08. The largest absolute Gasteiger partial charge is 0.442 e. The Hall–Kier alpha value is -1.28. The first kappa shape index (κ1) is 15.7. The first-order valence-corrected chi connectivity index (χ1v) is 3.99. The third-order valence-corrected chi connectivity index (χ3v) is 1.51. The standard InChI is InChI=1S/C8H7F7O2/c1-3(2)4(16)17-5(8(13,14)15)7(11,12)6(9)10/h5-6H,1H2,2H3. The molecule has 0 heterocycles. The van der Waals surface area contributed by atoms with Crippen LogP contribution in [0.3, 0.4) is 0 Å². The summed E-state index contributed by atoms with van der Waals surface area (Å²) in [6.07, 6.45) is -14.6. The molecule has 0 spiro atoms. The zero-order chi connectivity index (χ0) is 14.0. The van der Waals surface area contributed by atoms with E-state index in [9.17, 15) is 35.5 Å². The normalized spacial score (nSPS) is 14.6. The van der Waals surface area contributed by atoms with Crippen molar-refractivity contribution in [2.75, 3.05) is 0 Å². The van der Waals surface area contributed by atoms with Gasteiger partial charge in [-0.1, -0.05) is 6.58 Å². The SMILES string of the molecule is C=C(C)C(=O)OC(C(F)(F)F)C(F)(F)C(F)F. The van der Waals surface area contributed by atoms with Crippen molar-refractivity contribution in [3.63, 3.8) is 0 Å². The van der Waals surface area contributed by atoms with Crippen molar-refractivity contribution in [2.24, 2.45) is 0 Å². The van der Waals surface area contributed by atoms with Crippen LogP contribution < -0.4 is 0 Å². The Kier molecular flexibility index (Phi) is 4.55. The second kappa shape index (κ2) is 4.92. The monoisotopic (exact) mass is 268 g/mol. The molecule has 9 heteroatoms. The second-order valence-corrected chi connectivity index (χ2v) is 3.08. The number of rotatable bonds is 4. The topological polar surface area (TPSA) is 26.3 Å². The van der Waals surface area contributed by atoms with Gasteiger partial charge in [-0.2, -0.15) is 22.0 Å². The van der Waals surface area contributed by atoms with Gasteiger partial charge in [0.2, 0.25) is 0 Å². The van der Waals surface area contributed by atoms with Crippen LogP contribution in [0.5, 0.6) is 0 Å². The number of esters is 1. The lowest BCUT2D eigenvalue weighted by Crippen LogP contribution is -2.52. The fourth-order valence-electron chi connectivity index (χ4n) is 0.686. The van der Waals surface area contributed by atoms with Crippen LogP contribution in [0.4, 0.5) is 30.7 Å².